The number of likely N-dealkylation sites (N-methyl/N-ethyl adjacent to an activating group) is 1. The zero-order chi connectivity index (χ0) is 19.6. The zero-order valence-electron chi connectivity index (χ0n) is 15.6. The summed E-state index contributed by atoms with van der Waals surface area (Å²) in [7, 11) is 0. The summed E-state index contributed by atoms with van der Waals surface area (Å²) in [4.78, 5) is 28.3. The SMILES string of the molecule is CCN1CC(=O)N(Cc2cc(C(F)(F)F)ccc2C)[C@@H](CC(C)C)C1=O. The molecule has 0 aliphatic carbocycles. The summed E-state index contributed by atoms with van der Waals surface area (Å²) >= 11 is 0. The Bertz CT molecular complexity index is 686. The second-order valence-corrected chi connectivity index (χ2v) is 7.16. The van der Waals surface area contributed by atoms with Crippen LogP contribution in [0.3, 0.4) is 0 Å². The van der Waals surface area contributed by atoms with Gasteiger partial charge in [-0.15, -0.1) is 0 Å². The summed E-state index contributed by atoms with van der Waals surface area (Å²) in [5.41, 5.74) is 0.337. The van der Waals surface area contributed by atoms with E-state index < -0.39 is 17.8 Å². The smallest absolute Gasteiger partial charge is 0.332 e. The fourth-order valence-electron chi connectivity index (χ4n) is 3.19. The number of rotatable bonds is 5. The van der Waals surface area contributed by atoms with Crippen LogP contribution in [0.1, 0.15) is 43.9 Å². The van der Waals surface area contributed by atoms with Gasteiger partial charge in [0.25, 0.3) is 0 Å². The van der Waals surface area contributed by atoms with E-state index in [-0.39, 0.29) is 30.8 Å². The summed E-state index contributed by atoms with van der Waals surface area (Å²) in [5.74, 6) is -0.182. The third-order valence-corrected chi connectivity index (χ3v) is 4.71. The van der Waals surface area contributed by atoms with Crippen LogP contribution in [0, 0.1) is 12.8 Å². The highest BCUT2D eigenvalue weighted by Gasteiger charge is 2.39. The van der Waals surface area contributed by atoms with Crippen LogP contribution in [-0.4, -0.2) is 40.7 Å². The van der Waals surface area contributed by atoms with Gasteiger partial charge < -0.3 is 9.80 Å². The Balaban J connectivity index is 2.36. The number of carbonyl (C=O) groups excluding carboxylic acids is 2. The van der Waals surface area contributed by atoms with Crippen LogP contribution < -0.4 is 0 Å². The molecule has 0 aromatic heterocycles. The molecule has 1 aromatic rings. The molecule has 0 bridgehead atoms. The van der Waals surface area contributed by atoms with E-state index in [9.17, 15) is 22.8 Å². The zero-order valence-corrected chi connectivity index (χ0v) is 15.6. The van der Waals surface area contributed by atoms with Crippen LogP contribution in [-0.2, 0) is 22.3 Å². The molecule has 26 heavy (non-hydrogen) atoms. The fraction of sp³-hybridized carbons (Fsp3) is 0.579. The molecule has 1 aromatic carbocycles. The molecular formula is C19H25F3N2O2. The number of piperazine rings is 1. The molecule has 1 atom stereocenters. The maximum absolute atomic E-state index is 13.0. The first-order chi connectivity index (χ1) is 12.0. The highest BCUT2D eigenvalue weighted by molar-refractivity contribution is 5.94. The van der Waals surface area contributed by atoms with Crippen molar-refractivity contribution in [3.05, 3.63) is 34.9 Å². The van der Waals surface area contributed by atoms with Crippen LogP contribution in [0.2, 0.25) is 0 Å². The molecule has 2 amide bonds. The van der Waals surface area contributed by atoms with E-state index >= 15 is 0 Å². The van der Waals surface area contributed by atoms with Crippen molar-refractivity contribution in [2.24, 2.45) is 5.92 Å². The van der Waals surface area contributed by atoms with Gasteiger partial charge in [0.2, 0.25) is 11.8 Å². The normalized spacial score (nSPS) is 18.8. The molecule has 0 spiro atoms. The predicted molar refractivity (Wildman–Crippen MR) is 92.2 cm³/mol. The maximum Gasteiger partial charge on any atom is 0.416 e. The van der Waals surface area contributed by atoms with Crippen molar-refractivity contribution in [2.45, 2.75) is 52.9 Å². The quantitative estimate of drug-likeness (QED) is 0.794. The van der Waals surface area contributed by atoms with Crippen LogP contribution in [0.15, 0.2) is 18.2 Å². The third-order valence-electron chi connectivity index (χ3n) is 4.71. The third kappa shape index (κ3) is 4.37. The first-order valence-electron chi connectivity index (χ1n) is 8.79. The number of aryl methyl sites for hydroxylation is 1. The number of halogens is 3. The van der Waals surface area contributed by atoms with Crippen molar-refractivity contribution in [3.63, 3.8) is 0 Å². The second-order valence-electron chi connectivity index (χ2n) is 7.16. The van der Waals surface area contributed by atoms with Crippen LogP contribution >= 0.6 is 0 Å². The Labute approximate surface area is 152 Å². The second kappa shape index (κ2) is 7.68. The van der Waals surface area contributed by atoms with Gasteiger partial charge in [-0.05, 0) is 49.4 Å². The molecule has 0 saturated carbocycles. The Morgan fingerprint density at radius 1 is 1.23 bits per heavy atom. The van der Waals surface area contributed by atoms with E-state index in [1.165, 1.54) is 15.9 Å². The maximum atomic E-state index is 13.0. The molecule has 1 heterocycles. The first kappa shape index (κ1) is 20.3. The summed E-state index contributed by atoms with van der Waals surface area (Å²) in [5, 5.41) is 0. The number of nitrogens with zero attached hydrogens (tertiary/aromatic N) is 2. The van der Waals surface area contributed by atoms with Crippen molar-refractivity contribution in [1.29, 1.82) is 0 Å². The summed E-state index contributed by atoms with van der Waals surface area (Å²) in [6.07, 6.45) is -3.96. The van der Waals surface area contributed by atoms with Gasteiger partial charge in [0, 0.05) is 13.1 Å². The summed E-state index contributed by atoms with van der Waals surface area (Å²) < 4.78 is 39.1. The summed E-state index contributed by atoms with van der Waals surface area (Å²) in [6.45, 7) is 7.85. The Morgan fingerprint density at radius 3 is 2.42 bits per heavy atom. The van der Waals surface area contributed by atoms with Crippen molar-refractivity contribution >= 4 is 11.8 Å². The predicted octanol–water partition coefficient (Wildman–Crippen LogP) is 3.62. The van der Waals surface area contributed by atoms with E-state index in [4.69, 9.17) is 0 Å². The van der Waals surface area contributed by atoms with Crippen LogP contribution in [0.4, 0.5) is 13.2 Å². The molecule has 1 aliphatic heterocycles. The largest absolute Gasteiger partial charge is 0.416 e. The molecule has 1 saturated heterocycles. The Morgan fingerprint density at radius 2 is 1.88 bits per heavy atom. The monoisotopic (exact) mass is 370 g/mol. The molecule has 0 radical (unpaired) electrons. The lowest BCUT2D eigenvalue weighted by Gasteiger charge is -2.41. The van der Waals surface area contributed by atoms with Crippen LogP contribution in [0.25, 0.3) is 0 Å². The van der Waals surface area contributed by atoms with Gasteiger partial charge in [0.15, 0.2) is 0 Å². The lowest BCUT2D eigenvalue weighted by molar-refractivity contribution is -0.157. The van der Waals surface area contributed by atoms with Crippen molar-refractivity contribution in [2.75, 3.05) is 13.1 Å². The number of hydrogen-bond donors (Lipinski definition) is 0. The lowest BCUT2D eigenvalue weighted by Crippen LogP contribution is -2.59. The van der Waals surface area contributed by atoms with E-state index in [0.29, 0.717) is 24.1 Å². The average Bonchev–Trinajstić information content (AvgIpc) is 2.54. The topological polar surface area (TPSA) is 40.6 Å². The van der Waals surface area contributed by atoms with Crippen molar-refractivity contribution in [1.82, 2.24) is 9.80 Å². The lowest BCUT2D eigenvalue weighted by atomic mass is 9.97. The van der Waals surface area contributed by atoms with Gasteiger partial charge in [0.1, 0.15) is 6.04 Å². The van der Waals surface area contributed by atoms with E-state index in [2.05, 4.69) is 0 Å². The molecular weight excluding hydrogens is 345 g/mol. The van der Waals surface area contributed by atoms with E-state index in [0.717, 1.165) is 12.1 Å². The van der Waals surface area contributed by atoms with E-state index in [1.807, 2.05) is 20.8 Å². The number of alkyl halides is 3. The van der Waals surface area contributed by atoms with Gasteiger partial charge in [-0.1, -0.05) is 19.9 Å². The number of benzene rings is 1. The van der Waals surface area contributed by atoms with Gasteiger partial charge in [0.05, 0.1) is 12.1 Å². The van der Waals surface area contributed by atoms with Gasteiger partial charge in [-0.3, -0.25) is 9.59 Å². The minimum absolute atomic E-state index is 0.00919. The van der Waals surface area contributed by atoms with Crippen molar-refractivity contribution in [3.8, 4) is 0 Å². The highest BCUT2D eigenvalue weighted by atomic mass is 19.4. The number of amides is 2. The first-order valence-corrected chi connectivity index (χ1v) is 8.79. The average molecular weight is 370 g/mol. The summed E-state index contributed by atoms with van der Waals surface area (Å²) in [6, 6.07) is 2.88. The van der Waals surface area contributed by atoms with Crippen LogP contribution in [0.5, 0.6) is 0 Å². The molecule has 2 rings (SSSR count). The molecule has 0 unspecified atom stereocenters. The Kier molecular flexibility index (Phi) is 5.98. The Hall–Kier alpha value is -2.05. The fourth-order valence-corrected chi connectivity index (χ4v) is 3.19. The molecule has 4 nitrogen and oxygen atoms in total. The number of hydrogen-bond acceptors (Lipinski definition) is 2. The number of carbonyl (C=O) groups is 2. The van der Waals surface area contributed by atoms with E-state index in [1.54, 1.807) is 6.92 Å². The van der Waals surface area contributed by atoms with Crippen molar-refractivity contribution < 1.29 is 22.8 Å². The molecule has 7 heteroatoms. The minimum Gasteiger partial charge on any atom is -0.332 e. The highest BCUT2D eigenvalue weighted by Crippen LogP contribution is 2.31. The van der Waals surface area contributed by atoms with Gasteiger partial charge in [-0.2, -0.15) is 13.2 Å². The minimum atomic E-state index is -4.44. The van der Waals surface area contributed by atoms with Gasteiger partial charge in [-0.25, -0.2) is 0 Å². The molecule has 1 fully saturated rings. The standard InChI is InChI=1S/C19H25F3N2O2/c1-5-23-11-17(25)24(16(18(23)26)8-12(2)3)10-14-9-15(19(20,21)22)7-6-13(14)4/h6-7,9,12,16H,5,8,10-11H2,1-4H3/t16-/m0/s1. The van der Waals surface area contributed by atoms with Gasteiger partial charge >= 0.3 is 6.18 Å². The molecule has 1 aliphatic rings. The molecule has 0 N–H and O–H groups in total. The molecule has 144 valence electrons.